The lowest BCUT2D eigenvalue weighted by Crippen LogP contribution is -2.48. The van der Waals surface area contributed by atoms with Gasteiger partial charge in [-0.25, -0.2) is 0 Å². The van der Waals surface area contributed by atoms with Gasteiger partial charge < -0.3 is 15.4 Å². The molecule has 1 fully saturated rings. The number of hydrogen-bond donors (Lipinski definition) is 2. The van der Waals surface area contributed by atoms with Crippen LogP contribution in [0.5, 0.6) is 0 Å². The van der Waals surface area contributed by atoms with Gasteiger partial charge in [-0.1, -0.05) is 24.3 Å². The summed E-state index contributed by atoms with van der Waals surface area (Å²) >= 11 is 0. The fraction of sp³-hybridized carbons (Fsp3) is 0.375. The first-order valence-corrected chi connectivity index (χ1v) is 7.27. The SMILES string of the molecule is Cl.Cl.O=C(NCCc1cccc2cccnc12)C1CNCCO1. The number of carbonyl (C=O) groups is 1. The van der Waals surface area contributed by atoms with Crippen molar-refractivity contribution in [3.8, 4) is 0 Å². The fourth-order valence-corrected chi connectivity index (χ4v) is 2.54. The molecule has 1 saturated heterocycles. The Morgan fingerprint density at radius 2 is 2.13 bits per heavy atom. The molecule has 2 heterocycles. The fourth-order valence-electron chi connectivity index (χ4n) is 2.54. The predicted octanol–water partition coefficient (Wildman–Crippen LogP) is 1.73. The van der Waals surface area contributed by atoms with Gasteiger partial charge in [0.05, 0.1) is 12.1 Å². The lowest BCUT2D eigenvalue weighted by molar-refractivity contribution is -0.134. The van der Waals surface area contributed by atoms with Crippen LogP contribution in [0.25, 0.3) is 10.9 Å². The highest BCUT2D eigenvalue weighted by molar-refractivity contribution is 5.85. The second-order valence-electron chi connectivity index (χ2n) is 5.10. The summed E-state index contributed by atoms with van der Waals surface area (Å²) < 4.78 is 5.43. The van der Waals surface area contributed by atoms with Gasteiger partial charge in [0, 0.05) is 31.2 Å². The summed E-state index contributed by atoms with van der Waals surface area (Å²) in [5, 5.41) is 7.21. The predicted molar refractivity (Wildman–Crippen MR) is 95.6 cm³/mol. The topological polar surface area (TPSA) is 63.2 Å². The molecule has 3 rings (SSSR count). The van der Waals surface area contributed by atoms with E-state index in [-0.39, 0.29) is 36.8 Å². The van der Waals surface area contributed by atoms with E-state index in [0.29, 0.717) is 19.7 Å². The van der Waals surface area contributed by atoms with Crippen LogP contribution in [0, 0.1) is 0 Å². The average molecular weight is 358 g/mol. The number of pyridine rings is 1. The summed E-state index contributed by atoms with van der Waals surface area (Å²) in [6.45, 7) is 2.58. The van der Waals surface area contributed by atoms with Gasteiger partial charge in [-0.05, 0) is 18.1 Å². The maximum Gasteiger partial charge on any atom is 0.250 e. The number of amides is 1. The molecule has 1 atom stereocenters. The van der Waals surface area contributed by atoms with Gasteiger partial charge in [0.2, 0.25) is 5.91 Å². The molecule has 1 amide bonds. The molecular formula is C16H21Cl2N3O2. The molecule has 1 aromatic carbocycles. The minimum Gasteiger partial charge on any atom is -0.366 e. The number of halogens is 2. The first kappa shape index (κ1) is 19.6. The molecule has 5 nitrogen and oxygen atoms in total. The number of rotatable bonds is 4. The molecule has 1 unspecified atom stereocenters. The van der Waals surface area contributed by atoms with Crippen molar-refractivity contribution in [1.82, 2.24) is 15.6 Å². The molecule has 1 aromatic heterocycles. The monoisotopic (exact) mass is 357 g/mol. The Balaban J connectivity index is 0.00000132. The van der Waals surface area contributed by atoms with Crippen LogP contribution >= 0.6 is 24.8 Å². The second-order valence-corrected chi connectivity index (χ2v) is 5.10. The van der Waals surface area contributed by atoms with Crippen molar-refractivity contribution >= 4 is 41.6 Å². The molecule has 2 aromatic rings. The number of nitrogens with zero attached hydrogens (tertiary/aromatic N) is 1. The Labute approximate surface area is 148 Å². The molecule has 0 radical (unpaired) electrons. The van der Waals surface area contributed by atoms with Crippen molar-refractivity contribution < 1.29 is 9.53 Å². The third-order valence-electron chi connectivity index (χ3n) is 3.63. The molecule has 126 valence electrons. The van der Waals surface area contributed by atoms with Crippen molar-refractivity contribution in [3.05, 3.63) is 42.1 Å². The highest BCUT2D eigenvalue weighted by atomic mass is 35.5. The Morgan fingerprint density at radius 1 is 1.30 bits per heavy atom. The maximum absolute atomic E-state index is 12.0. The number of carbonyl (C=O) groups excluding carboxylic acids is 1. The van der Waals surface area contributed by atoms with E-state index in [9.17, 15) is 4.79 Å². The molecular weight excluding hydrogens is 337 g/mol. The third-order valence-corrected chi connectivity index (χ3v) is 3.63. The van der Waals surface area contributed by atoms with Crippen LogP contribution in [-0.4, -0.2) is 43.2 Å². The van der Waals surface area contributed by atoms with Crippen molar-refractivity contribution in [1.29, 1.82) is 0 Å². The van der Waals surface area contributed by atoms with E-state index in [1.807, 2.05) is 24.3 Å². The average Bonchev–Trinajstić information content (AvgIpc) is 2.56. The van der Waals surface area contributed by atoms with Gasteiger partial charge in [-0.15, -0.1) is 24.8 Å². The first-order chi connectivity index (χ1) is 10.3. The van der Waals surface area contributed by atoms with E-state index in [1.54, 1.807) is 6.20 Å². The van der Waals surface area contributed by atoms with E-state index in [0.717, 1.165) is 29.4 Å². The number of nitrogens with one attached hydrogen (secondary N) is 2. The van der Waals surface area contributed by atoms with E-state index >= 15 is 0 Å². The Bertz CT molecular complexity index is 628. The number of para-hydroxylation sites is 1. The molecule has 7 heteroatoms. The van der Waals surface area contributed by atoms with Crippen LogP contribution in [0.15, 0.2) is 36.5 Å². The third kappa shape index (κ3) is 5.04. The van der Waals surface area contributed by atoms with Crippen LogP contribution in [0.1, 0.15) is 5.56 Å². The molecule has 23 heavy (non-hydrogen) atoms. The number of ether oxygens (including phenoxy) is 1. The Morgan fingerprint density at radius 3 is 2.91 bits per heavy atom. The smallest absolute Gasteiger partial charge is 0.250 e. The summed E-state index contributed by atoms with van der Waals surface area (Å²) in [6.07, 6.45) is 2.19. The lowest BCUT2D eigenvalue weighted by atomic mass is 10.1. The zero-order valence-electron chi connectivity index (χ0n) is 12.7. The quantitative estimate of drug-likeness (QED) is 0.874. The molecule has 0 aliphatic carbocycles. The highest BCUT2D eigenvalue weighted by Gasteiger charge is 2.20. The zero-order chi connectivity index (χ0) is 14.5. The minimum absolute atomic E-state index is 0. The van der Waals surface area contributed by atoms with Gasteiger partial charge in [0.25, 0.3) is 0 Å². The van der Waals surface area contributed by atoms with Crippen molar-refractivity contribution in [2.75, 3.05) is 26.2 Å². The summed E-state index contributed by atoms with van der Waals surface area (Å²) in [4.78, 5) is 16.4. The zero-order valence-corrected chi connectivity index (χ0v) is 14.3. The largest absolute Gasteiger partial charge is 0.366 e. The molecule has 1 aliphatic heterocycles. The van der Waals surface area contributed by atoms with Crippen LogP contribution in [0.4, 0.5) is 0 Å². The van der Waals surface area contributed by atoms with E-state index in [2.05, 4.69) is 21.7 Å². The van der Waals surface area contributed by atoms with Crippen LogP contribution < -0.4 is 10.6 Å². The molecule has 1 aliphatic rings. The van der Waals surface area contributed by atoms with Gasteiger partial charge >= 0.3 is 0 Å². The van der Waals surface area contributed by atoms with E-state index in [1.165, 1.54) is 0 Å². The summed E-state index contributed by atoms with van der Waals surface area (Å²) in [5.41, 5.74) is 2.15. The van der Waals surface area contributed by atoms with Crippen molar-refractivity contribution in [3.63, 3.8) is 0 Å². The lowest BCUT2D eigenvalue weighted by Gasteiger charge is -2.22. The van der Waals surface area contributed by atoms with Crippen LogP contribution in [-0.2, 0) is 16.0 Å². The van der Waals surface area contributed by atoms with Crippen LogP contribution in [0.3, 0.4) is 0 Å². The van der Waals surface area contributed by atoms with Crippen LogP contribution in [0.2, 0.25) is 0 Å². The summed E-state index contributed by atoms with van der Waals surface area (Å²) in [6, 6.07) is 10.1. The molecule has 0 bridgehead atoms. The highest BCUT2D eigenvalue weighted by Crippen LogP contribution is 2.15. The maximum atomic E-state index is 12.0. The minimum atomic E-state index is -0.371. The van der Waals surface area contributed by atoms with Gasteiger partial charge in [0.1, 0.15) is 6.10 Å². The molecule has 0 saturated carbocycles. The van der Waals surface area contributed by atoms with E-state index in [4.69, 9.17) is 4.74 Å². The van der Waals surface area contributed by atoms with Crippen molar-refractivity contribution in [2.45, 2.75) is 12.5 Å². The van der Waals surface area contributed by atoms with Gasteiger partial charge in [0.15, 0.2) is 0 Å². The standard InChI is InChI=1S/C16H19N3O2.2ClH/c20-16(14-11-17-9-10-21-14)19-8-6-13-4-1-3-12-5-2-7-18-15(12)13;;/h1-5,7,14,17H,6,8-11H2,(H,19,20);2*1H. The molecule has 2 N–H and O–H groups in total. The Kier molecular flexibility index (Phi) is 8.26. The van der Waals surface area contributed by atoms with Gasteiger partial charge in [-0.2, -0.15) is 0 Å². The summed E-state index contributed by atoms with van der Waals surface area (Å²) in [7, 11) is 0. The number of aromatic nitrogens is 1. The van der Waals surface area contributed by atoms with Gasteiger partial charge in [-0.3, -0.25) is 9.78 Å². The number of benzene rings is 1. The molecule has 0 spiro atoms. The second kappa shape index (κ2) is 9.67. The van der Waals surface area contributed by atoms with E-state index < -0.39 is 0 Å². The number of hydrogen-bond acceptors (Lipinski definition) is 4. The number of morpholine rings is 1. The first-order valence-electron chi connectivity index (χ1n) is 7.27. The van der Waals surface area contributed by atoms with Crippen molar-refractivity contribution in [2.24, 2.45) is 0 Å². The summed E-state index contributed by atoms with van der Waals surface area (Å²) in [5.74, 6) is -0.0459. The normalized spacial score (nSPS) is 17.0. The Hall–Kier alpha value is -1.40. The number of fused-ring (bicyclic) bond motifs is 1.